The third-order valence-electron chi connectivity index (χ3n) is 4.32. The van der Waals surface area contributed by atoms with Crippen LogP contribution in [0.5, 0.6) is 11.5 Å². The lowest BCUT2D eigenvalue weighted by atomic mass is 10.1. The molecular weight excluding hydrogens is 330 g/mol. The summed E-state index contributed by atoms with van der Waals surface area (Å²) in [4.78, 5) is 12.4. The standard InChI is InChI=1S/C20H21N3O3/c1-13-18(14(2)23(22-13)15-7-5-4-6-8-15)12-21-20(25)17-10-9-16(26-3)11-19(17)24/h4-11,24H,12H2,1-3H3,(H,21,25). The average Bonchev–Trinajstić information content (AvgIpc) is 2.94. The number of hydrogen-bond donors (Lipinski definition) is 2. The molecule has 0 spiro atoms. The molecule has 1 amide bonds. The molecule has 0 bridgehead atoms. The first-order valence-corrected chi connectivity index (χ1v) is 8.27. The molecule has 0 aliphatic carbocycles. The molecule has 0 aliphatic heterocycles. The van der Waals surface area contributed by atoms with Crippen molar-refractivity contribution in [2.24, 2.45) is 0 Å². The fourth-order valence-electron chi connectivity index (χ4n) is 2.85. The van der Waals surface area contributed by atoms with Gasteiger partial charge in [0.2, 0.25) is 0 Å². The molecule has 26 heavy (non-hydrogen) atoms. The lowest BCUT2D eigenvalue weighted by Gasteiger charge is -2.09. The fourth-order valence-corrected chi connectivity index (χ4v) is 2.85. The van der Waals surface area contributed by atoms with Crippen molar-refractivity contribution in [1.29, 1.82) is 0 Å². The van der Waals surface area contributed by atoms with E-state index in [-0.39, 0.29) is 17.2 Å². The van der Waals surface area contributed by atoms with E-state index >= 15 is 0 Å². The van der Waals surface area contributed by atoms with Gasteiger partial charge in [0.25, 0.3) is 5.91 Å². The second-order valence-electron chi connectivity index (χ2n) is 5.96. The maximum absolute atomic E-state index is 12.4. The molecule has 134 valence electrons. The Labute approximate surface area is 152 Å². The van der Waals surface area contributed by atoms with Gasteiger partial charge < -0.3 is 15.2 Å². The van der Waals surface area contributed by atoms with Crippen molar-refractivity contribution in [3.8, 4) is 17.2 Å². The molecule has 0 radical (unpaired) electrons. The first-order chi connectivity index (χ1) is 12.5. The van der Waals surface area contributed by atoms with Crippen LogP contribution in [-0.2, 0) is 6.54 Å². The lowest BCUT2D eigenvalue weighted by molar-refractivity contribution is 0.0948. The van der Waals surface area contributed by atoms with E-state index in [0.29, 0.717) is 12.3 Å². The number of nitrogens with zero attached hydrogens (tertiary/aromatic N) is 2. The van der Waals surface area contributed by atoms with Crippen LogP contribution in [0, 0.1) is 13.8 Å². The van der Waals surface area contributed by atoms with Crippen molar-refractivity contribution in [3.63, 3.8) is 0 Å². The maximum Gasteiger partial charge on any atom is 0.255 e. The van der Waals surface area contributed by atoms with Crippen molar-refractivity contribution in [1.82, 2.24) is 15.1 Å². The second-order valence-corrected chi connectivity index (χ2v) is 5.96. The van der Waals surface area contributed by atoms with Crippen LogP contribution in [0.15, 0.2) is 48.5 Å². The Morgan fingerprint density at radius 2 is 1.92 bits per heavy atom. The van der Waals surface area contributed by atoms with Crippen LogP contribution in [0.25, 0.3) is 5.69 Å². The largest absolute Gasteiger partial charge is 0.507 e. The van der Waals surface area contributed by atoms with Gasteiger partial charge in [-0.1, -0.05) is 18.2 Å². The van der Waals surface area contributed by atoms with Crippen LogP contribution in [0.2, 0.25) is 0 Å². The van der Waals surface area contributed by atoms with E-state index in [0.717, 1.165) is 22.6 Å². The number of aryl methyl sites for hydroxylation is 1. The molecule has 2 aromatic carbocycles. The number of phenolic OH excluding ortho intramolecular Hbond substituents is 1. The summed E-state index contributed by atoms with van der Waals surface area (Å²) in [6.07, 6.45) is 0. The van der Waals surface area contributed by atoms with E-state index in [1.165, 1.54) is 19.2 Å². The first kappa shape index (κ1) is 17.5. The fraction of sp³-hybridized carbons (Fsp3) is 0.200. The number of carbonyl (C=O) groups is 1. The van der Waals surface area contributed by atoms with E-state index in [1.807, 2.05) is 48.9 Å². The van der Waals surface area contributed by atoms with Gasteiger partial charge in [0, 0.05) is 23.9 Å². The Morgan fingerprint density at radius 1 is 1.19 bits per heavy atom. The van der Waals surface area contributed by atoms with E-state index in [9.17, 15) is 9.90 Å². The zero-order valence-corrected chi connectivity index (χ0v) is 15.0. The van der Waals surface area contributed by atoms with Gasteiger partial charge in [-0.3, -0.25) is 4.79 Å². The number of nitrogens with one attached hydrogen (secondary N) is 1. The maximum atomic E-state index is 12.4. The number of rotatable bonds is 5. The van der Waals surface area contributed by atoms with Crippen molar-refractivity contribution in [3.05, 3.63) is 71.0 Å². The third kappa shape index (κ3) is 3.39. The summed E-state index contributed by atoms with van der Waals surface area (Å²) in [6.45, 7) is 4.22. The number of para-hydroxylation sites is 1. The highest BCUT2D eigenvalue weighted by Crippen LogP contribution is 2.23. The molecule has 0 unspecified atom stereocenters. The van der Waals surface area contributed by atoms with Gasteiger partial charge in [-0.15, -0.1) is 0 Å². The van der Waals surface area contributed by atoms with Gasteiger partial charge >= 0.3 is 0 Å². The van der Waals surface area contributed by atoms with Crippen molar-refractivity contribution in [2.45, 2.75) is 20.4 Å². The minimum atomic E-state index is -0.351. The van der Waals surface area contributed by atoms with Crippen LogP contribution < -0.4 is 10.1 Å². The molecule has 6 heteroatoms. The predicted molar refractivity (Wildman–Crippen MR) is 98.9 cm³/mol. The summed E-state index contributed by atoms with van der Waals surface area (Å²) in [6, 6.07) is 14.4. The quantitative estimate of drug-likeness (QED) is 0.740. The Bertz CT molecular complexity index is 933. The third-order valence-corrected chi connectivity index (χ3v) is 4.32. The zero-order chi connectivity index (χ0) is 18.7. The van der Waals surface area contributed by atoms with Crippen molar-refractivity contribution < 1.29 is 14.6 Å². The summed E-state index contributed by atoms with van der Waals surface area (Å²) in [7, 11) is 1.50. The topological polar surface area (TPSA) is 76.4 Å². The highest BCUT2D eigenvalue weighted by atomic mass is 16.5. The van der Waals surface area contributed by atoms with Crippen LogP contribution in [0.4, 0.5) is 0 Å². The Hall–Kier alpha value is -3.28. The molecular formula is C20H21N3O3. The number of amides is 1. The first-order valence-electron chi connectivity index (χ1n) is 8.27. The molecule has 0 fully saturated rings. The molecule has 0 aliphatic rings. The van der Waals surface area contributed by atoms with Gasteiger partial charge in [-0.2, -0.15) is 5.10 Å². The zero-order valence-electron chi connectivity index (χ0n) is 15.0. The van der Waals surface area contributed by atoms with Gasteiger partial charge in [0.15, 0.2) is 0 Å². The van der Waals surface area contributed by atoms with Crippen LogP contribution in [0.3, 0.4) is 0 Å². The number of aromatic hydroxyl groups is 1. The number of phenols is 1. The average molecular weight is 351 g/mol. The minimum Gasteiger partial charge on any atom is -0.507 e. The number of ether oxygens (including phenoxy) is 1. The molecule has 1 aromatic heterocycles. The predicted octanol–water partition coefficient (Wildman–Crippen LogP) is 3.13. The van der Waals surface area contributed by atoms with E-state index in [1.54, 1.807) is 6.07 Å². The summed E-state index contributed by atoms with van der Waals surface area (Å²) in [5.74, 6) is 0.0292. The van der Waals surface area contributed by atoms with Crippen molar-refractivity contribution in [2.75, 3.05) is 7.11 Å². The van der Waals surface area contributed by atoms with Crippen molar-refractivity contribution >= 4 is 5.91 Å². The summed E-state index contributed by atoms with van der Waals surface area (Å²) in [5, 5.41) is 17.4. The molecule has 0 atom stereocenters. The molecule has 6 nitrogen and oxygen atoms in total. The SMILES string of the molecule is COc1ccc(C(=O)NCc2c(C)nn(-c3ccccc3)c2C)c(O)c1. The van der Waals surface area contributed by atoms with Crippen LogP contribution in [0.1, 0.15) is 27.3 Å². The molecule has 3 rings (SSSR count). The lowest BCUT2D eigenvalue weighted by Crippen LogP contribution is -2.23. The molecule has 1 heterocycles. The summed E-state index contributed by atoms with van der Waals surface area (Å²) in [5.41, 5.74) is 3.95. The molecule has 0 saturated carbocycles. The number of hydrogen-bond acceptors (Lipinski definition) is 4. The highest BCUT2D eigenvalue weighted by Gasteiger charge is 2.16. The minimum absolute atomic E-state index is 0.115. The van der Waals surface area contributed by atoms with E-state index < -0.39 is 0 Å². The van der Waals surface area contributed by atoms with Gasteiger partial charge in [-0.05, 0) is 38.1 Å². The smallest absolute Gasteiger partial charge is 0.255 e. The number of aromatic nitrogens is 2. The highest BCUT2D eigenvalue weighted by molar-refractivity contribution is 5.97. The van der Waals surface area contributed by atoms with Gasteiger partial charge in [-0.25, -0.2) is 4.68 Å². The summed E-state index contributed by atoms with van der Waals surface area (Å²) < 4.78 is 6.90. The number of carbonyl (C=O) groups excluding carboxylic acids is 1. The molecule has 3 aromatic rings. The monoisotopic (exact) mass is 351 g/mol. The Morgan fingerprint density at radius 3 is 2.58 bits per heavy atom. The number of methoxy groups -OCH3 is 1. The Kier molecular flexibility index (Phi) is 4.93. The second kappa shape index (κ2) is 7.31. The van der Waals surface area contributed by atoms with E-state index in [4.69, 9.17) is 4.74 Å². The molecule has 0 saturated heterocycles. The number of benzene rings is 2. The molecule has 2 N–H and O–H groups in total. The van der Waals surface area contributed by atoms with Crippen LogP contribution >= 0.6 is 0 Å². The van der Waals surface area contributed by atoms with Gasteiger partial charge in [0.1, 0.15) is 11.5 Å². The Balaban J connectivity index is 1.78. The van der Waals surface area contributed by atoms with Crippen LogP contribution in [-0.4, -0.2) is 27.9 Å². The summed E-state index contributed by atoms with van der Waals surface area (Å²) >= 11 is 0. The normalized spacial score (nSPS) is 10.6. The van der Waals surface area contributed by atoms with E-state index in [2.05, 4.69) is 10.4 Å². The van der Waals surface area contributed by atoms with Gasteiger partial charge in [0.05, 0.1) is 24.1 Å².